The van der Waals surface area contributed by atoms with Gasteiger partial charge in [-0.3, -0.25) is 0 Å². The lowest BCUT2D eigenvalue weighted by atomic mass is 10.0. The van der Waals surface area contributed by atoms with E-state index < -0.39 is 31.0 Å². The lowest BCUT2D eigenvalue weighted by molar-refractivity contribution is -0.136. The van der Waals surface area contributed by atoms with Crippen molar-refractivity contribution >= 4 is 6.29 Å². The van der Waals surface area contributed by atoms with Crippen molar-refractivity contribution in [1.82, 2.24) is 0 Å². The summed E-state index contributed by atoms with van der Waals surface area (Å²) in [6.45, 7) is -1.01. The minimum atomic E-state index is -1.79. The van der Waals surface area contributed by atoms with E-state index in [9.17, 15) is 4.79 Å². The highest BCUT2D eigenvalue weighted by atomic mass is 16.4. The highest BCUT2D eigenvalue weighted by Crippen LogP contribution is 2.02. The molecule has 0 aromatic carbocycles. The predicted octanol–water partition coefficient (Wildman–Crippen LogP) is -4.41. The Labute approximate surface area is 92.0 Å². The second-order valence-electron chi connectivity index (χ2n) is 2.80. The zero-order valence-electron chi connectivity index (χ0n) is 8.55. The maximum Gasteiger partial charge on any atom is 0.151 e. The molecule has 8 nitrogen and oxygen atoms in total. The van der Waals surface area contributed by atoms with Gasteiger partial charge in [-0.15, -0.1) is 0 Å². The van der Waals surface area contributed by atoms with Crippen LogP contribution in [-0.4, -0.2) is 86.3 Å². The molecule has 4 unspecified atom stereocenters. The molecule has 7 N–H and O–H groups in total. The SMILES string of the molecule is O=CC(O)C(O)C(O)C(O)CO.OCCO. The van der Waals surface area contributed by atoms with Crippen LogP contribution in [0.3, 0.4) is 0 Å². The summed E-state index contributed by atoms with van der Waals surface area (Å²) in [6, 6.07) is 0. The summed E-state index contributed by atoms with van der Waals surface area (Å²) >= 11 is 0. The number of carbonyl (C=O) groups is 1. The zero-order chi connectivity index (χ0) is 13.1. The minimum Gasteiger partial charge on any atom is -0.394 e. The van der Waals surface area contributed by atoms with Gasteiger partial charge in [-0.25, -0.2) is 0 Å². The van der Waals surface area contributed by atoms with Crippen LogP contribution in [0.1, 0.15) is 0 Å². The van der Waals surface area contributed by atoms with Crippen molar-refractivity contribution in [2.45, 2.75) is 24.4 Å². The van der Waals surface area contributed by atoms with E-state index in [4.69, 9.17) is 35.7 Å². The van der Waals surface area contributed by atoms with Gasteiger partial charge in [0.05, 0.1) is 19.8 Å². The Bertz CT molecular complexity index is 162. The van der Waals surface area contributed by atoms with Gasteiger partial charge >= 0.3 is 0 Å². The number of hydrogen-bond acceptors (Lipinski definition) is 8. The Kier molecular flexibility index (Phi) is 12.1. The minimum absolute atomic E-state index is 0.0258. The highest BCUT2D eigenvalue weighted by molar-refractivity contribution is 5.56. The molecule has 0 radical (unpaired) electrons. The lowest BCUT2D eigenvalue weighted by Crippen LogP contribution is -2.46. The number of aldehydes is 1. The molecular weight excluding hydrogens is 224 g/mol. The third-order valence-corrected chi connectivity index (χ3v) is 1.52. The van der Waals surface area contributed by atoms with E-state index in [2.05, 4.69) is 0 Å². The van der Waals surface area contributed by atoms with Gasteiger partial charge in [0.2, 0.25) is 0 Å². The second-order valence-corrected chi connectivity index (χ2v) is 2.80. The Morgan fingerprint density at radius 3 is 1.56 bits per heavy atom. The second kappa shape index (κ2) is 10.9. The first-order valence-electron chi connectivity index (χ1n) is 4.46. The molecule has 0 aliphatic rings. The van der Waals surface area contributed by atoms with E-state index in [1.54, 1.807) is 0 Å². The molecule has 0 saturated heterocycles. The van der Waals surface area contributed by atoms with Crippen molar-refractivity contribution < 1.29 is 40.5 Å². The first-order valence-corrected chi connectivity index (χ1v) is 4.46. The molecule has 0 amide bonds. The Morgan fingerprint density at radius 2 is 1.31 bits per heavy atom. The summed E-state index contributed by atoms with van der Waals surface area (Å²) in [7, 11) is 0. The van der Waals surface area contributed by atoms with Gasteiger partial charge in [-0.1, -0.05) is 0 Å². The number of hydrogen-bond donors (Lipinski definition) is 7. The van der Waals surface area contributed by atoms with Crippen LogP contribution in [0.5, 0.6) is 0 Å². The van der Waals surface area contributed by atoms with E-state index >= 15 is 0 Å². The fourth-order valence-corrected chi connectivity index (χ4v) is 0.618. The number of carbonyl (C=O) groups excluding carboxylic acids is 1. The Morgan fingerprint density at radius 1 is 0.875 bits per heavy atom. The molecule has 0 spiro atoms. The van der Waals surface area contributed by atoms with Crippen molar-refractivity contribution in [2.75, 3.05) is 19.8 Å². The van der Waals surface area contributed by atoms with Crippen LogP contribution < -0.4 is 0 Å². The third kappa shape index (κ3) is 7.65. The fourth-order valence-electron chi connectivity index (χ4n) is 0.618. The summed E-state index contributed by atoms with van der Waals surface area (Å²) < 4.78 is 0. The molecule has 0 saturated carbocycles. The van der Waals surface area contributed by atoms with Gasteiger partial charge in [-0.05, 0) is 0 Å². The van der Waals surface area contributed by atoms with E-state index in [1.807, 2.05) is 0 Å². The molecule has 16 heavy (non-hydrogen) atoms. The van der Waals surface area contributed by atoms with Gasteiger partial charge in [0, 0.05) is 0 Å². The molecule has 0 aliphatic carbocycles. The molecule has 0 aromatic heterocycles. The number of aliphatic hydroxyl groups is 7. The largest absolute Gasteiger partial charge is 0.394 e. The molecule has 0 aliphatic heterocycles. The summed E-state index contributed by atoms with van der Waals surface area (Å²) in [4.78, 5) is 9.90. The normalized spacial score (nSPS) is 17.7. The summed E-state index contributed by atoms with van der Waals surface area (Å²) in [5, 5.41) is 58.8. The van der Waals surface area contributed by atoms with Crippen molar-refractivity contribution in [1.29, 1.82) is 0 Å². The molecule has 0 heterocycles. The average molecular weight is 242 g/mol. The zero-order valence-corrected chi connectivity index (χ0v) is 8.55. The van der Waals surface area contributed by atoms with Crippen LogP contribution in [-0.2, 0) is 4.79 Å². The molecule has 0 fully saturated rings. The average Bonchev–Trinajstić information content (AvgIpc) is 2.34. The van der Waals surface area contributed by atoms with Gasteiger partial charge in [0.25, 0.3) is 0 Å². The number of rotatable bonds is 6. The molecule has 0 bridgehead atoms. The van der Waals surface area contributed by atoms with Crippen molar-refractivity contribution in [2.24, 2.45) is 0 Å². The van der Waals surface area contributed by atoms with E-state index in [1.165, 1.54) is 0 Å². The van der Waals surface area contributed by atoms with Gasteiger partial charge < -0.3 is 40.5 Å². The molecule has 4 atom stereocenters. The molecule has 0 aromatic rings. The smallest absolute Gasteiger partial charge is 0.151 e. The van der Waals surface area contributed by atoms with Gasteiger partial charge in [0.15, 0.2) is 6.29 Å². The van der Waals surface area contributed by atoms with Crippen LogP contribution in [0.15, 0.2) is 0 Å². The first kappa shape index (κ1) is 17.8. The standard InChI is InChI=1S/C6H12O6.C2H6O2/c7-1-3(9)5(11)6(12)4(10)2-8;3-1-2-4/h1,3-6,8-12H,2H2;3-4H,1-2H2. The Balaban J connectivity index is 0. The van der Waals surface area contributed by atoms with Crippen LogP contribution in [0, 0.1) is 0 Å². The van der Waals surface area contributed by atoms with Crippen molar-refractivity contribution in [3.63, 3.8) is 0 Å². The fraction of sp³-hybridized carbons (Fsp3) is 0.875. The molecule has 0 rings (SSSR count). The predicted molar refractivity (Wildman–Crippen MR) is 51.3 cm³/mol. The van der Waals surface area contributed by atoms with Crippen molar-refractivity contribution in [3.05, 3.63) is 0 Å². The van der Waals surface area contributed by atoms with E-state index in [0.29, 0.717) is 0 Å². The van der Waals surface area contributed by atoms with E-state index in [0.717, 1.165) is 0 Å². The van der Waals surface area contributed by atoms with Gasteiger partial charge in [0.1, 0.15) is 24.4 Å². The van der Waals surface area contributed by atoms with Crippen LogP contribution in [0.25, 0.3) is 0 Å². The maximum atomic E-state index is 9.90. The Hall–Kier alpha value is -0.610. The summed E-state index contributed by atoms with van der Waals surface area (Å²) in [6.07, 6.45) is -6.84. The molecule has 8 heteroatoms. The number of aliphatic hydroxyl groups excluding tert-OH is 7. The summed E-state index contributed by atoms with van der Waals surface area (Å²) in [5.41, 5.74) is 0. The van der Waals surface area contributed by atoms with E-state index in [-0.39, 0.29) is 19.5 Å². The monoisotopic (exact) mass is 242 g/mol. The highest BCUT2D eigenvalue weighted by Gasteiger charge is 2.29. The maximum absolute atomic E-state index is 9.90. The van der Waals surface area contributed by atoms with Crippen LogP contribution in [0.4, 0.5) is 0 Å². The summed E-state index contributed by atoms with van der Waals surface area (Å²) in [5.74, 6) is 0. The lowest BCUT2D eigenvalue weighted by Gasteiger charge is -2.22. The molecular formula is C8H18O8. The van der Waals surface area contributed by atoms with Crippen LogP contribution >= 0.6 is 0 Å². The first-order chi connectivity index (χ1) is 7.45. The third-order valence-electron chi connectivity index (χ3n) is 1.52. The topological polar surface area (TPSA) is 159 Å². The van der Waals surface area contributed by atoms with Crippen LogP contribution in [0.2, 0.25) is 0 Å². The van der Waals surface area contributed by atoms with Crippen molar-refractivity contribution in [3.8, 4) is 0 Å². The quantitative estimate of drug-likeness (QED) is 0.230. The molecule has 98 valence electrons. The van der Waals surface area contributed by atoms with Gasteiger partial charge in [-0.2, -0.15) is 0 Å².